The molecule has 2 N–H and O–H groups in total. The summed E-state index contributed by atoms with van der Waals surface area (Å²) in [4.78, 5) is 12.7. The lowest BCUT2D eigenvalue weighted by molar-refractivity contribution is 0.994. The van der Waals surface area contributed by atoms with Crippen LogP contribution in [0.25, 0.3) is 11.4 Å². The standard InChI is InChI=1S/C11H11BrN4/c1-2-8-9(12)10(13)16-11(15-8)7-4-3-5-14-6-7/h3-6H,2H2,1H3,(H2,13,15,16). The Hall–Kier alpha value is -1.49. The van der Waals surface area contributed by atoms with Gasteiger partial charge in [-0.05, 0) is 34.5 Å². The summed E-state index contributed by atoms with van der Waals surface area (Å²) < 4.78 is 0.780. The number of hydrogen-bond acceptors (Lipinski definition) is 4. The molecule has 2 heterocycles. The Labute approximate surface area is 102 Å². The fourth-order valence-electron chi connectivity index (χ4n) is 1.37. The number of nitrogen functional groups attached to an aromatic ring is 1. The average molecular weight is 279 g/mol. The van der Waals surface area contributed by atoms with Crippen molar-refractivity contribution in [3.63, 3.8) is 0 Å². The lowest BCUT2D eigenvalue weighted by atomic mass is 10.2. The van der Waals surface area contributed by atoms with Crippen LogP contribution >= 0.6 is 15.9 Å². The molecule has 2 rings (SSSR count). The molecule has 5 heteroatoms. The molecule has 0 aliphatic rings. The van der Waals surface area contributed by atoms with E-state index < -0.39 is 0 Å². The summed E-state index contributed by atoms with van der Waals surface area (Å²) in [5.41, 5.74) is 7.60. The fourth-order valence-corrected chi connectivity index (χ4v) is 1.83. The van der Waals surface area contributed by atoms with Gasteiger partial charge in [0.25, 0.3) is 0 Å². The van der Waals surface area contributed by atoms with Crippen LogP contribution in [-0.4, -0.2) is 15.0 Å². The molecule has 0 saturated heterocycles. The Kier molecular flexibility index (Phi) is 3.14. The van der Waals surface area contributed by atoms with Crippen LogP contribution in [0.15, 0.2) is 29.0 Å². The van der Waals surface area contributed by atoms with Crippen LogP contribution in [-0.2, 0) is 6.42 Å². The van der Waals surface area contributed by atoms with Crippen LogP contribution in [0.5, 0.6) is 0 Å². The topological polar surface area (TPSA) is 64.7 Å². The normalized spacial score (nSPS) is 10.4. The Morgan fingerprint density at radius 3 is 2.81 bits per heavy atom. The van der Waals surface area contributed by atoms with E-state index in [1.807, 2.05) is 19.1 Å². The van der Waals surface area contributed by atoms with Gasteiger partial charge in [0.15, 0.2) is 5.82 Å². The second-order valence-electron chi connectivity index (χ2n) is 3.29. The van der Waals surface area contributed by atoms with Crippen molar-refractivity contribution in [2.45, 2.75) is 13.3 Å². The van der Waals surface area contributed by atoms with E-state index in [1.165, 1.54) is 0 Å². The van der Waals surface area contributed by atoms with E-state index in [2.05, 4.69) is 30.9 Å². The quantitative estimate of drug-likeness (QED) is 0.917. The maximum atomic E-state index is 5.82. The lowest BCUT2D eigenvalue weighted by Crippen LogP contribution is -2.02. The van der Waals surface area contributed by atoms with Gasteiger partial charge in [-0.3, -0.25) is 4.98 Å². The summed E-state index contributed by atoms with van der Waals surface area (Å²) in [5.74, 6) is 1.08. The largest absolute Gasteiger partial charge is 0.383 e. The summed E-state index contributed by atoms with van der Waals surface area (Å²) in [7, 11) is 0. The highest BCUT2D eigenvalue weighted by Gasteiger charge is 2.09. The minimum absolute atomic E-state index is 0.464. The molecule has 2 aromatic rings. The van der Waals surface area contributed by atoms with Crippen LogP contribution in [0, 0.1) is 0 Å². The van der Waals surface area contributed by atoms with Gasteiger partial charge in [0.05, 0.1) is 10.2 Å². The average Bonchev–Trinajstić information content (AvgIpc) is 2.33. The number of hydrogen-bond donors (Lipinski definition) is 1. The van der Waals surface area contributed by atoms with Crippen molar-refractivity contribution in [3.05, 3.63) is 34.7 Å². The summed E-state index contributed by atoms with van der Waals surface area (Å²) in [6.07, 6.45) is 4.25. The molecule has 0 bridgehead atoms. The second kappa shape index (κ2) is 4.57. The highest BCUT2D eigenvalue weighted by Crippen LogP contribution is 2.24. The Morgan fingerprint density at radius 1 is 1.38 bits per heavy atom. The van der Waals surface area contributed by atoms with E-state index in [-0.39, 0.29) is 0 Å². The van der Waals surface area contributed by atoms with Crippen molar-refractivity contribution in [2.24, 2.45) is 0 Å². The maximum Gasteiger partial charge on any atom is 0.163 e. The van der Waals surface area contributed by atoms with Gasteiger partial charge in [0.2, 0.25) is 0 Å². The number of nitrogens with two attached hydrogens (primary N) is 1. The monoisotopic (exact) mass is 278 g/mol. The number of aryl methyl sites for hydroxylation is 1. The number of aromatic nitrogens is 3. The first kappa shape index (κ1) is 11.0. The smallest absolute Gasteiger partial charge is 0.163 e. The first-order chi connectivity index (χ1) is 7.72. The van der Waals surface area contributed by atoms with Crippen molar-refractivity contribution in [3.8, 4) is 11.4 Å². The summed E-state index contributed by atoms with van der Waals surface area (Å²) in [5, 5.41) is 0. The summed E-state index contributed by atoms with van der Waals surface area (Å²) in [6, 6.07) is 3.76. The third kappa shape index (κ3) is 2.04. The van der Waals surface area contributed by atoms with Gasteiger partial charge >= 0.3 is 0 Å². The molecule has 0 atom stereocenters. The van der Waals surface area contributed by atoms with Crippen LogP contribution in [0.3, 0.4) is 0 Å². The molecule has 82 valence electrons. The Balaban J connectivity index is 2.55. The van der Waals surface area contributed by atoms with E-state index in [0.29, 0.717) is 11.6 Å². The molecule has 4 nitrogen and oxygen atoms in total. The van der Waals surface area contributed by atoms with E-state index >= 15 is 0 Å². The van der Waals surface area contributed by atoms with Crippen LogP contribution < -0.4 is 5.73 Å². The first-order valence-electron chi connectivity index (χ1n) is 4.94. The molecule has 0 fully saturated rings. The van der Waals surface area contributed by atoms with Gasteiger partial charge in [-0.15, -0.1) is 0 Å². The van der Waals surface area contributed by atoms with Gasteiger partial charge in [0, 0.05) is 18.0 Å². The number of nitrogens with zero attached hydrogens (tertiary/aromatic N) is 3. The summed E-state index contributed by atoms with van der Waals surface area (Å²) in [6.45, 7) is 2.03. The molecule has 0 radical (unpaired) electrons. The molecule has 0 spiro atoms. The zero-order valence-electron chi connectivity index (χ0n) is 8.81. The number of halogens is 1. The SMILES string of the molecule is CCc1nc(-c2cccnc2)nc(N)c1Br. The van der Waals surface area contributed by atoms with Gasteiger partial charge < -0.3 is 5.73 Å². The first-order valence-corrected chi connectivity index (χ1v) is 5.74. The minimum Gasteiger partial charge on any atom is -0.383 e. The van der Waals surface area contributed by atoms with Crippen molar-refractivity contribution in [2.75, 3.05) is 5.73 Å². The highest BCUT2D eigenvalue weighted by atomic mass is 79.9. The van der Waals surface area contributed by atoms with E-state index in [4.69, 9.17) is 5.73 Å². The van der Waals surface area contributed by atoms with Crippen LogP contribution in [0.4, 0.5) is 5.82 Å². The molecular formula is C11H11BrN4. The van der Waals surface area contributed by atoms with Crippen LogP contribution in [0.2, 0.25) is 0 Å². The van der Waals surface area contributed by atoms with E-state index in [1.54, 1.807) is 12.4 Å². The van der Waals surface area contributed by atoms with Gasteiger partial charge in [-0.25, -0.2) is 9.97 Å². The molecule has 0 aliphatic heterocycles. The Bertz CT molecular complexity index is 499. The number of pyridine rings is 1. The number of anilines is 1. The molecular weight excluding hydrogens is 268 g/mol. The predicted molar refractivity (Wildman–Crippen MR) is 66.8 cm³/mol. The zero-order valence-corrected chi connectivity index (χ0v) is 10.4. The van der Waals surface area contributed by atoms with Crippen molar-refractivity contribution in [1.82, 2.24) is 15.0 Å². The number of rotatable bonds is 2. The van der Waals surface area contributed by atoms with Crippen LogP contribution in [0.1, 0.15) is 12.6 Å². The summed E-state index contributed by atoms with van der Waals surface area (Å²) >= 11 is 3.38. The predicted octanol–water partition coefficient (Wildman–Crippen LogP) is 2.45. The lowest BCUT2D eigenvalue weighted by Gasteiger charge is -2.06. The van der Waals surface area contributed by atoms with E-state index in [9.17, 15) is 0 Å². The second-order valence-corrected chi connectivity index (χ2v) is 4.08. The highest BCUT2D eigenvalue weighted by molar-refractivity contribution is 9.10. The molecule has 0 amide bonds. The zero-order chi connectivity index (χ0) is 11.5. The van der Waals surface area contributed by atoms with Crippen molar-refractivity contribution < 1.29 is 0 Å². The molecule has 0 saturated carbocycles. The van der Waals surface area contributed by atoms with Gasteiger partial charge in [-0.1, -0.05) is 6.92 Å². The molecule has 2 aromatic heterocycles. The molecule has 0 unspecified atom stereocenters. The van der Waals surface area contributed by atoms with E-state index in [0.717, 1.165) is 22.2 Å². The van der Waals surface area contributed by atoms with Crippen molar-refractivity contribution in [1.29, 1.82) is 0 Å². The van der Waals surface area contributed by atoms with Crippen molar-refractivity contribution >= 4 is 21.7 Å². The fraction of sp³-hybridized carbons (Fsp3) is 0.182. The molecule has 0 aliphatic carbocycles. The maximum absolute atomic E-state index is 5.82. The molecule has 16 heavy (non-hydrogen) atoms. The minimum atomic E-state index is 0.464. The molecule has 0 aromatic carbocycles. The Morgan fingerprint density at radius 2 is 2.19 bits per heavy atom. The van der Waals surface area contributed by atoms with Gasteiger partial charge in [0.1, 0.15) is 5.82 Å². The third-order valence-electron chi connectivity index (χ3n) is 2.20. The third-order valence-corrected chi connectivity index (χ3v) is 3.06. The van der Waals surface area contributed by atoms with Gasteiger partial charge in [-0.2, -0.15) is 0 Å².